The molecule has 0 saturated heterocycles. The Morgan fingerprint density at radius 1 is 1.17 bits per heavy atom. The van der Waals surface area contributed by atoms with Gasteiger partial charge in [0.2, 0.25) is 5.95 Å². The van der Waals surface area contributed by atoms with Gasteiger partial charge in [-0.25, -0.2) is 4.68 Å². The molecule has 1 unspecified atom stereocenters. The summed E-state index contributed by atoms with van der Waals surface area (Å²) in [7, 11) is 0. The topological polar surface area (TPSA) is 69.0 Å². The lowest BCUT2D eigenvalue weighted by Crippen LogP contribution is -2.31. The Morgan fingerprint density at radius 2 is 2.07 bits per heavy atom. The minimum absolute atomic E-state index is 0.160. The number of allylic oxidation sites excluding steroid dienone is 2. The Kier molecular flexibility index (Phi) is 4.56. The molecular weight excluding hydrogens is 388 g/mol. The van der Waals surface area contributed by atoms with Gasteiger partial charge in [-0.15, -0.1) is 0 Å². The molecule has 2 heterocycles. The van der Waals surface area contributed by atoms with E-state index in [1.54, 1.807) is 4.68 Å². The number of fused-ring (bicyclic) bond motifs is 1. The number of nitrogens with zero attached hydrogens (tertiary/aromatic N) is 3. The van der Waals surface area contributed by atoms with Crippen molar-refractivity contribution in [3.63, 3.8) is 0 Å². The van der Waals surface area contributed by atoms with Crippen molar-refractivity contribution >= 4 is 23.3 Å². The van der Waals surface area contributed by atoms with Crippen molar-refractivity contribution in [2.45, 2.75) is 31.9 Å². The second-order valence-corrected chi connectivity index (χ2v) is 7.58. The van der Waals surface area contributed by atoms with Gasteiger partial charge in [0.05, 0.1) is 0 Å². The molecule has 0 amide bonds. The molecule has 6 nitrogen and oxygen atoms in total. The first-order valence-corrected chi connectivity index (χ1v) is 9.97. The number of anilines is 1. The van der Waals surface area contributed by atoms with E-state index in [-0.39, 0.29) is 11.8 Å². The van der Waals surface area contributed by atoms with E-state index < -0.39 is 0 Å². The van der Waals surface area contributed by atoms with E-state index in [2.05, 4.69) is 15.4 Å². The van der Waals surface area contributed by atoms with Gasteiger partial charge in [0.25, 0.3) is 0 Å². The van der Waals surface area contributed by atoms with Gasteiger partial charge in [-0.3, -0.25) is 4.79 Å². The quantitative estimate of drug-likeness (QED) is 0.689. The molecule has 0 spiro atoms. The number of ether oxygens (including phenoxy) is 1. The zero-order valence-electron chi connectivity index (χ0n) is 15.6. The molecular formula is C22H19ClN4O2. The van der Waals surface area contributed by atoms with Gasteiger partial charge in [-0.05, 0) is 36.6 Å². The third kappa shape index (κ3) is 3.29. The first-order valence-electron chi connectivity index (χ1n) is 9.59. The van der Waals surface area contributed by atoms with E-state index in [1.807, 2.05) is 48.5 Å². The average Bonchev–Trinajstić information content (AvgIpc) is 3.20. The van der Waals surface area contributed by atoms with E-state index >= 15 is 0 Å². The van der Waals surface area contributed by atoms with Crippen molar-refractivity contribution in [3.05, 3.63) is 82.3 Å². The van der Waals surface area contributed by atoms with E-state index in [4.69, 9.17) is 16.3 Å². The maximum Gasteiger partial charge on any atom is 0.226 e. The monoisotopic (exact) mass is 406 g/mol. The van der Waals surface area contributed by atoms with Crippen LogP contribution in [0.15, 0.2) is 66.1 Å². The van der Waals surface area contributed by atoms with Crippen molar-refractivity contribution < 1.29 is 9.53 Å². The van der Waals surface area contributed by atoms with E-state index in [1.165, 1.54) is 6.33 Å². The number of ketones is 1. The fourth-order valence-electron chi connectivity index (χ4n) is 3.96. The molecule has 146 valence electrons. The Morgan fingerprint density at radius 3 is 2.97 bits per heavy atom. The first-order chi connectivity index (χ1) is 14.2. The van der Waals surface area contributed by atoms with Crippen molar-refractivity contribution in [1.29, 1.82) is 0 Å². The molecule has 5 rings (SSSR count). The van der Waals surface area contributed by atoms with Crippen molar-refractivity contribution in [1.82, 2.24) is 14.8 Å². The molecule has 0 fully saturated rings. The van der Waals surface area contributed by atoms with Crippen molar-refractivity contribution in [3.8, 4) is 5.75 Å². The first kappa shape index (κ1) is 17.9. The fourth-order valence-corrected chi connectivity index (χ4v) is 4.15. The third-order valence-electron chi connectivity index (χ3n) is 5.34. The average molecular weight is 407 g/mol. The minimum atomic E-state index is -0.305. The predicted molar refractivity (Wildman–Crippen MR) is 110 cm³/mol. The number of nitrogens with one attached hydrogen (secondary N) is 1. The zero-order chi connectivity index (χ0) is 19.8. The molecule has 1 N–H and O–H groups in total. The summed E-state index contributed by atoms with van der Waals surface area (Å²) in [6.07, 6.45) is 3.76. The molecule has 2 aliphatic rings. The van der Waals surface area contributed by atoms with E-state index in [0.29, 0.717) is 29.7 Å². The van der Waals surface area contributed by atoms with Gasteiger partial charge >= 0.3 is 0 Å². The number of carbonyl (C=O) groups is 1. The van der Waals surface area contributed by atoms with Crippen LogP contribution < -0.4 is 10.1 Å². The number of hydrogen-bond donors (Lipinski definition) is 1. The van der Waals surface area contributed by atoms with Gasteiger partial charge in [0.1, 0.15) is 24.7 Å². The normalized spacial score (nSPS) is 18.1. The molecule has 1 atom stereocenters. The molecule has 1 aliphatic heterocycles. The van der Waals surface area contributed by atoms with Crippen LogP contribution in [0.1, 0.15) is 36.4 Å². The van der Waals surface area contributed by atoms with Crippen LogP contribution in [0.2, 0.25) is 5.02 Å². The number of benzene rings is 2. The Labute approximate surface area is 173 Å². The molecule has 0 saturated carbocycles. The van der Waals surface area contributed by atoms with Gasteiger partial charge in [-0.1, -0.05) is 41.9 Å². The molecule has 0 radical (unpaired) electrons. The largest absolute Gasteiger partial charge is 0.489 e. The maximum absolute atomic E-state index is 12.8. The highest BCUT2D eigenvalue weighted by Gasteiger charge is 2.36. The van der Waals surface area contributed by atoms with E-state index in [0.717, 1.165) is 35.2 Å². The summed E-state index contributed by atoms with van der Waals surface area (Å²) < 4.78 is 7.76. The smallest absolute Gasteiger partial charge is 0.226 e. The summed E-state index contributed by atoms with van der Waals surface area (Å²) in [4.78, 5) is 17.1. The second-order valence-electron chi connectivity index (χ2n) is 7.18. The van der Waals surface area contributed by atoms with Crippen LogP contribution in [0.3, 0.4) is 0 Å². The van der Waals surface area contributed by atoms with Crippen LogP contribution in [0.5, 0.6) is 5.75 Å². The number of halogens is 1. The molecule has 29 heavy (non-hydrogen) atoms. The van der Waals surface area contributed by atoms with Crippen LogP contribution in [0.25, 0.3) is 0 Å². The molecule has 7 heteroatoms. The summed E-state index contributed by atoms with van der Waals surface area (Å²) in [5.74, 6) is 1.53. The lowest BCUT2D eigenvalue weighted by Gasteiger charge is -2.32. The Hall–Kier alpha value is -3.12. The van der Waals surface area contributed by atoms with Gasteiger partial charge in [0, 0.05) is 28.3 Å². The SMILES string of the molecule is O=C1CCCC2=C1C(c1cccc(OCc3ccccc3Cl)c1)n1ncnc1N2. The highest BCUT2D eigenvalue weighted by molar-refractivity contribution is 6.31. The number of carbonyl (C=O) groups excluding carboxylic acids is 1. The Bertz CT molecular complexity index is 1120. The van der Waals surface area contributed by atoms with Crippen molar-refractivity contribution in [2.24, 2.45) is 0 Å². The molecule has 1 aromatic heterocycles. The van der Waals surface area contributed by atoms with Gasteiger partial charge < -0.3 is 10.1 Å². The summed E-state index contributed by atoms with van der Waals surface area (Å²) in [5.41, 5.74) is 3.59. The second kappa shape index (κ2) is 7.37. The lowest BCUT2D eigenvalue weighted by molar-refractivity contribution is -0.116. The predicted octanol–water partition coefficient (Wildman–Crippen LogP) is 4.53. The number of rotatable bonds is 4. The highest BCUT2D eigenvalue weighted by atomic mass is 35.5. The van der Waals surface area contributed by atoms with Crippen LogP contribution in [-0.2, 0) is 11.4 Å². The fraction of sp³-hybridized carbons (Fsp3) is 0.227. The summed E-state index contributed by atoms with van der Waals surface area (Å²) in [6, 6.07) is 15.1. The lowest BCUT2D eigenvalue weighted by atomic mass is 9.85. The van der Waals surface area contributed by atoms with Crippen LogP contribution in [-0.4, -0.2) is 20.5 Å². The highest BCUT2D eigenvalue weighted by Crippen LogP contribution is 2.40. The minimum Gasteiger partial charge on any atom is -0.489 e. The molecule has 3 aromatic rings. The van der Waals surface area contributed by atoms with Gasteiger partial charge in [0.15, 0.2) is 5.78 Å². The van der Waals surface area contributed by atoms with Crippen molar-refractivity contribution in [2.75, 3.05) is 5.32 Å². The number of hydrogen-bond acceptors (Lipinski definition) is 5. The Balaban J connectivity index is 1.49. The van der Waals surface area contributed by atoms with Gasteiger partial charge in [-0.2, -0.15) is 10.1 Å². The number of aromatic nitrogens is 3. The standard InChI is InChI=1S/C22H19ClN4O2/c23-17-8-2-1-5-15(17)12-29-16-7-3-6-14(11-16)21-20-18(9-4-10-19(20)28)26-22-24-13-25-27(21)22/h1-3,5-8,11,13,21H,4,9-10,12H2,(H,24,25,26). The number of Topliss-reactive ketones (excluding diaryl/α,β-unsaturated/α-hetero) is 1. The third-order valence-corrected chi connectivity index (χ3v) is 5.70. The zero-order valence-corrected chi connectivity index (χ0v) is 16.4. The van der Waals surface area contributed by atoms with Crippen LogP contribution in [0, 0.1) is 0 Å². The van der Waals surface area contributed by atoms with Crippen LogP contribution >= 0.6 is 11.6 Å². The molecule has 1 aliphatic carbocycles. The summed E-state index contributed by atoms with van der Waals surface area (Å²) in [5, 5.41) is 8.33. The summed E-state index contributed by atoms with van der Waals surface area (Å²) in [6.45, 7) is 0.372. The van der Waals surface area contributed by atoms with Crippen LogP contribution in [0.4, 0.5) is 5.95 Å². The maximum atomic E-state index is 12.8. The molecule has 0 bridgehead atoms. The summed E-state index contributed by atoms with van der Waals surface area (Å²) >= 11 is 6.23. The molecule has 2 aromatic carbocycles. The van der Waals surface area contributed by atoms with E-state index in [9.17, 15) is 4.79 Å².